The summed E-state index contributed by atoms with van der Waals surface area (Å²) in [5.74, 6) is -1.61. The molecular formula is C14H27N2O3. The first-order valence-electron chi connectivity index (χ1n) is 6.96. The normalized spacial score (nSPS) is 14.2. The molecule has 0 unspecified atom stereocenters. The molecule has 2 amide bonds. The van der Waals surface area contributed by atoms with Crippen molar-refractivity contribution in [2.24, 2.45) is 17.6 Å². The lowest BCUT2D eigenvalue weighted by atomic mass is 9.95. The quantitative estimate of drug-likeness (QED) is 0.409. The number of aliphatic hydroxyl groups is 1. The highest BCUT2D eigenvalue weighted by Crippen LogP contribution is 2.13. The number of rotatable bonds is 10. The van der Waals surface area contributed by atoms with Crippen molar-refractivity contribution in [1.29, 1.82) is 0 Å². The summed E-state index contributed by atoms with van der Waals surface area (Å²) < 4.78 is 0. The van der Waals surface area contributed by atoms with Crippen LogP contribution in [-0.2, 0) is 9.59 Å². The highest BCUT2D eigenvalue weighted by molar-refractivity contribution is 5.99. The number of unbranched alkanes of at least 4 members (excludes halogenated alkanes) is 1. The summed E-state index contributed by atoms with van der Waals surface area (Å²) in [6.45, 7) is 6.62. The van der Waals surface area contributed by atoms with Crippen molar-refractivity contribution in [1.82, 2.24) is 5.32 Å². The molecule has 2 atom stereocenters. The number of aliphatic hydroxyl groups excluding tert-OH is 1. The number of amides is 2. The van der Waals surface area contributed by atoms with Gasteiger partial charge in [-0.2, -0.15) is 0 Å². The number of nitrogens with two attached hydrogens (primary N) is 1. The van der Waals surface area contributed by atoms with Crippen molar-refractivity contribution in [2.45, 2.75) is 52.6 Å². The molecule has 0 spiro atoms. The Bertz CT molecular complexity index is 280. The van der Waals surface area contributed by atoms with Crippen LogP contribution >= 0.6 is 0 Å². The molecule has 0 saturated carbocycles. The first kappa shape index (κ1) is 17.9. The van der Waals surface area contributed by atoms with E-state index in [0.717, 1.165) is 19.3 Å². The van der Waals surface area contributed by atoms with Crippen LogP contribution in [0, 0.1) is 18.3 Å². The molecule has 5 heteroatoms. The van der Waals surface area contributed by atoms with Crippen LogP contribution in [0.1, 0.15) is 46.5 Å². The van der Waals surface area contributed by atoms with E-state index in [0.29, 0.717) is 12.5 Å². The second kappa shape index (κ2) is 9.78. The molecule has 0 saturated heterocycles. The van der Waals surface area contributed by atoms with E-state index in [1.54, 1.807) is 6.42 Å². The van der Waals surface area contributed by atoms with Gasteiger partial charge in [0.05, 0.1) is 6.10 Å². The van der Waals surface area contributed by atoms with Crippen molar-refractivity contribution in [2.75, 3.05) is 6.54 Å². The second-order valence-electron chi connectivity index (χ2n) is 5.27. The molecule has 0 aromatic rings. The van der Waals surface area contributed by atoms with E-state index >= 15 is 0 Å². The molecule has 111 valence electrons. The van der Waals surface area contributed by atoms with E-state index < -0.39 is 23.8 Å². The summed E-state index contributed by atoms with van der Waals surface area (Å²) in [6.07, 6.45) is 3.56. The van der Waals surface area contributed by atoms with Gasteiger partial charge in [-0.05, 0) is 31.6 Å². The molecular weight excluding hydrogens is 244 g/mol. The highest BCUT2D eigenvalue weighted by Gasteiger charge is 2.26. The summed E-state index contributed by atoms with van der Waals surface area (Å²) in [7, 11) is 0. The summed E-state index contributed by atoms with van der Waals surface area (Å²) in [4.78, 5) is 23.1. The lowest BCUT2D eigenvalue weighted by molar-refractivity contribution is -0.134. The van der Waals surface area contributed by atoms with Gasteiger partial charge in [-0.25, -0.2) is 0 Å². The fourth-order valence-electron chi connectivity index (χ4n) is 1.63. The van der Waals surface area contributed by atoms with Gasteiger partial charge in [0, 0.05) is 6.54 Å². The minimum absolute atomic E-state index is 0.0556. The van der Waals surface area contributed by atoms with Crippen molar-refractivity contribution in [3.8, 4) is 0 Å². The number of hydrogen-bond acceptors (Lipinski definition) is 3. The standard InChI is InChI=1S/C14H27N2O3/c1-4-5-8-16-14(19)12(13(15)18)9-11(17)7-6-10(2)3/h7,10-12,17H,4-6,8-9H2,1-3H3,(H2,15,18)(H,16,19)/t11-,12+/m0/s1. The van der Waals surface area contributed by atoms with E-state index in [1.165, 1.54) is 0 Å². The van der Waals surface area contributed by atoms with E-state index in [1.807, 2.05) is 20.8 Å². The molecule has 5 nitrogen and oxygen atoms in total. The maximum atomic E-state index is 11.8. The maximum Gasteiger partial charge on any atom is 0.232 e. The summed E-state index contributed by atoms with van der Waals surface area (Å²) in [5, 5.41) is 12.5. The van der Waals surface area contributed by atoms with E-state index in [4.69, 9.17) is 5.73 Å². The molecule has 0 heterocycles. The van der Waals surface area contributed by atoms with Gasteiger partial charge < -0.3 is 16.2 Å². The van der Waals surface area contributed by atoms with Gasteiger partial charge in [0.1, 0.15) is 5.92 Å². The number of carbonyl (C=O) groups excluding carboxylic acids is 2. The molecule has 0 aliphatic heterocycles. The minimum atomic E-state index is -0.963. The van der Waals surface area contributed by atoms with Gasteiger partial charge >= 0.3 is 0 Å². The number of hydrogen-bond donors (Lipinski definition) is 3. The monoisotopic (exact) mass is 271 g/mol. The lowest BCUT2D eigenvalue weighted by Crippen LogP contribution is -2.41. The van der Waals surface area contributed by atoms with Crippen LogP contribution in [0.5, 0.6) is 0 Å². The third-order valence-electron chi connectivity index (χ3n) is 2.85. The van der Waals surface area contributed by atoms with Crippen molar-refractivity contribution in [3.05, 3.63) is 6.42 Å². The third-order valence-corrected chi connectivity index (χ3v) is 2.85. The van der Waals surface area contributed by atoms with Crippen LogP contribution < -0.4 is 11.1 Å². The number of carbonyl (C=O) groups is 2. The first-order valence-corrected chi connectivity index (χ1v) is 6.96. The molecule has 0 fully saturated rings. The van der Waals surface area contributed by atoms with Crippen LogP contribution in [0.2, 0.25) is 0 Å². The predicted molar refractivity (Wildman–Crippen MR) is 75.0 cm³/mol. The van der Waals surface area contributed by atoms with Crippen LogP contribution in [0.25, 0.3) is 0 Å². The Hall–Kier alpha value is -1.10. The SMILES string of the molecule is CCCCNC(=O)[C@H](C[C@@H](O)[CH]CC(C)C)C(N)=O. The summed E-state index contributed by atoms with van der Waals surface area (Å²) in [6, 6.07) is 0. The zero-order valence-electron chi connectivity index (χ0n) is 12.2. The summed E-state index contributed by atoms with van der Waals surface area (Å²) >= 11 is 0. The second-order valence-corrected chi connectivity index (χ2v) is 5.27. The van der Waals surface area contributed by atoms with Crippen molar-refractivity contribution < 1.29 is 14.7 Å². The molecule has 0 rings (SSSR count). The molecule has 0 aliphatic rings. The Kier molecular flexibility index (Phi) is 9.21. The van der Waals surface area contributed by atoms with Gasteiger partial charge in [-0.15, -0.1) is 0 Å². The van der Waals surface area contributed by atoms with Crippen LogP contribution in [-0.4, -0.2) is 29.6 Å². The van der Waals surface area contributed by atoms with Crippen molar-refractivity contribution >= 4 is 11.8 Å². The fraction of sp³-hybridized carbons (Fsp3) is 0.786. The Morgan fingerprint density at radius 3 is 2.47 bits per heavy atom. The van der Waals surface area contributed by atoms with Crippen LogP contribution in [0.4, 0.5) is 0 Å². The summed E-state index contributed by atoms with van der Waals surface area (Å²) in [5.41, 5.74) is 5.22. The highest BCUT2D eigenvalue weighted by atomic mass is 16.3. The lowest BCUT2D eigenvalue weighted by Gasteiger charge is -2.17. The number of nitrogens with one attached hydrogen (secondary N) is 1. The molecule has 0 bridgehead atoms. The van der Waals surface area contributed by atoms with E-state index in [9.17, 15) is 14.7 Å². The topological polar surface area (TPSA) is 92.4 Å². The number of primary amides is 1. The molecule has 19 heavy (non-hydrogen) atoms. The maximum absolute atomic E-state index is 11.8. The average Bonchev–Trinajstić information content (AvgIpc) is 2.33. The predicted octanol–water partition coefficient (Wildman–Crippen LogP) is 1.01. The third kappa shape index (κ3) is 8.59. The Morgan fingerprint density at radius 1 is 1.37 bits per heavy atom. The van der Waals surface area contributed by atoms with Gasteiger partial charge in [0.2, 0.25) is 11.8 Å². The van der Waals surface area contributed by atoms with Gasteiger partial charge in [0.25, 0.3) is 0 Å². The fourth-order valence-corrected chi connectivity index (χ4v) is 1.63. The Labute approximate surface area is 115 Å². The zero-order chi connectivity index (χ0) is 14.8. The zero-order valence-corrected chi connectivity index (χ0v) is 12.2. The average molecular weight is 271 g/mol. The molecule has 0 aliphatic carbocycles. The van der Waals surface area contributed by atoms with Crippen LogP contribution in [0.3, 0.4) is 0 Å². The van der Waals surface area contributed by atoms with Crippen molar-refractivity contribution in [3.63, 3.8) is 0 Å². The Morgan fingerprint density at radius 2 is 2.00 bits per heavy atom. The van der Waals surface area contributed by atoms with Gasteiger partial charge in [-0.1, -0.05) is 27.2 Å². The molecule has 0 aromatic carbocycles. The van der Waals surface area contributed by atoms with Gasteiger partial charge in [0.15, 0.2) is 0 Å². The van der Waals surface area contributed by atoms with Gasteiger partial charge in [-0.3, -0.25) is 9.59 Å². The Balaban J connectivity index is 4.24. The van der Waals surface area contributed by atoms with Crippen LogP contribution in [0.15, 0.2) is 0 Å². The molecule has 0 aromatic heterocycles. The smallest absolute Gasteiger partial charge is 0.232 e. The largest absolute Gasteiger partial charge is 0.393 e. The molecule has 4 N–H and O–H groups in total. The van der Waals surface area contributed by atoms with E-state index in [-0.39, 0.29) is 6.42 Å². The van der Waals surface area contributed by atoms with E-state index in [2.05, 4.69) is 5.32 Å². The first-order chi connectivity index (χ1) is 8.88. The molecule has 1 radical (unpaired) electrons. The minimum Gasteiger partial charge on any atom is -0.393 e.